The van der Waals surface area contributed by atoms with E-state index in [4.69, 9.17) is 10.5 Å². The van der Waals surface area contributed by atoms with Crippen LogP contribution in [0.1, 0.15) is 48.0 Å². The molecule has 0 spiro atoms. The van der Waals surface area contributed by atoms with Crippen LogP contribution < -0.4 is 10.5 Å². The quantitative estimate of drug-likeness (QED) is 0.836. The Morgan fingerprint density at radius 3 is 2.50 bits per heavy atom. The Kier molecular flexibility index (Phi) is 3.71. The zero-order valence-electron chi connectivity index (χ0n) is 11.2. The van der Waals surface area contributed by atoms with Gasteiger partial charge in [0.05, 0.1) is 12.6 Å². The third kappa shape index (κ3) is 2.41. The molecule has 98 valence electrons. The van der Waals surface area contributed by atoms with E-state index in [1.165, 1.54) is 6.42 Å². The monoisotopic (exact) mass is 247 g/mol. The molecule has 1 fully saturated rings. The predicted molar refractivity (Wildman–Crippen MR) is 72.1 cm³/mol. The molecule has 0 radical (unpaired) electrons. The minimum Gasteiger partial charge on any atom is -0.496 e. The van der Waals surface area contributed by atoms with E-state index in [0.29, 0.717) is 5.56 Å². The number of methoxy groups -OCH3 is 1. The lowest BCUT2D eigenvalue weighted by atomic mass is 9.77. The first-order chi connectivity index (χ1) is 8.57. The highest BCUT2D eigenvalue weighted by Gasteiger charge is 2.35. The zero-order valence-corrected chi connectivity index (χ0v) is 11.2. The van der Waals surface area contributed by atoms with Gasteiger partial charge >= 0.3 is 0 Å². The second kappa shape index (κ2) is 5.11. The van der Waals surface area contributed by atoms with E-state index in [2.05, 4.69) is 0 Å². The Labute approximate surface area is 108 Å². The molecule has 2 rings (SSSR count). The molecule has 3 heteroatoms. The molecule has 2 N–H and O–H groups in total. The van der Waals surface area contributed by atoms with Crippen molar-refractivity contribution >= 4 is 5.78 Å². The van der Waals surface area contributed by atoms with Crippen LogP contribution in [0.25, 0.3) is 0 Å². The van der Waals surface area contributed by atoms with Crippen LogP contribution in [0, 0.1) is 6.92 Å². The number of ether oxygens (including phenoxy) is 1. The first-order valence-corrected chi connectivity index (χ1v) is 6.55. The van der Waals surface area contributed by atoms with Gasteiger partial charge in [-0.2, -0.15) is 0 Å². The molecule has 0 unspecified atom stereocenters. The van der Waals surface area contributed by atoms with Gasteiger partial charge in [-0.3, -0.25) is 4.79 Å². The lowest BCUT2D eigenvalue weighted by molar-refractivity contribution is 0.0848. The molecule has 0 aromatic heterocycles. The molecule has 0 saturated heterocycles. The van der Waals surface area contributed by atoms with Crippen molar-refractivity contribution in [3.8, 4) is 5.75 Å². The molecule has 0 bridgehead atoms. The number of hydrogen-bond donors (Lipinski definition) is 1. The number of aryl methyl sites for hydroxylation is 1. The fraction of sp³-hybridized carbons (Fsp3) is 0.533. The van der Waals surface area contributed by atoms with Crippen molar-refractivity contribution in [2.75, 3.05) is 7.11 Å². The summed E-state index contributed by atoms with van der Waals surface area (Å²) >= 11 is 0. The van der Waals surface area contributed by atoms with Crippen LogP contribution in [0.3, 0.4) is 0 Å². The van der Waals surface area contributed by atoms with E-state index in [1.54, 1.807) is 7.11 Å². The molecule has 0 atom stereocenters. The molecular formula is C15H21NO2. The minimum absolute atomic E-state index is 0.0768. The van der Waals surface area contributed by atoms with Crippen molar-refractivity contribution in [3.05, 3.63) is 29.3 Å². The van der Waals surface area contributed by atoms with E-state index in [0.717, 1.165) is 37.0 Å². The minimum atomic E-state index is -0.653. The van der Waals surface area contributed by atoms with Crippen LogP contribution in [-0.2, 0) is 0 Å². The molecule has 0 aliphatic heterocycles. The fourth-order valence-electron chi connectivity index (χ4n) is 2.72. The molecule has 1 saturated carbocycles. The highest BCUT2D eigenvalue weighted by atomic mass is 16.5. The van der Waals surface area contributed by atoms with Gasteiger partial charge < -0.3 is 10.5 Å². The van der Waals surface area contributed by atoms with Gasteiger partial charge in [-0.25, -0.2) is 0 Å². The number of carbonyl (C=O) groups excluding carboxylic acids is 1. The Balaban J connectivity index is 2.25. The second-order valence-corrected chi connectivity index (χ2v) is 5.23. The van der Waals surface area contributed by atoms with Crippen molar-refractivity contribution in [3.63, 3.8) is 0 Å². The van der Waals surface area contributed by atoms with Gasteiger partial charge in [0.2, 0.25) is 0 Å². The summed E-state index contributed by atoms with van der Waals surface area (Å²) in [5.74, 6) is 0.884. The van der Waals surface area contributed by atoms with Gasteiger partial charge in [0.25, 0.3) is 0 Å². The molecule has 1 aromatic rings. The van der Waals surface area contributed by atoms with Crippen LogP contribution >= 0.6 is 0 Å². The lowest BCUT2D eigenvalue weighted by Gasteiger charge is -2.32. The van der Waals surface area contributed by atoms with Gasteiger partial charge in [-0.15, -0.1) is 0 Å². The van der Waals surface area contributed by atoms with Crippen molar-refractivity contribution in [2.24, 2.45) is 5.73 Å². The van der Waals surface area contributed by atoms with Gasteiger partial charge in [0.15, 0.2) is 5.78 Å². The van der Waals surface area contributed by atoms with E-state index in [1.807, 2.05) is 25.1 Å². The lowest BCUT2D eigenvalue weighted by Crippen LogP contribution is -2.49. The number of carbonyl (C=O) groups is 1. The van der Waals surface area contributed by atoms with Crippen molar-refractivity contribution in [1.29, 1.82) is 0 Å². The average molecular weight is 247 g/mol. The normalized spacial score (nSPS) is 18.4. The Bertz CT molecular complexity index is 448. The van der Waals surface area contributed by atoms with Gasteiger partial charge in [0, 0.05) is 5.56 Å². The SMILES string of the molecule is COc1ccc(C(=O)C2(N)CCCCC2)cc1C. The summed E-state index contributed by atoms with van der Waals surface area (Å²) in [6.07, 6.45) is 4.90. The van der Waals surface area contributed by atoms with Crippen molar-refractivity contribution < 1.29 is 9.53 Å². The summed E-state index contributed by atoms with van der Waals surface area (Å²) in [7, 11) is 1.63. The highest BCUT2D eigenvalue weighted by molar-refractivity contribution is 6.03. The highest BCUT2D eigenvalue weighted by Crippen LogP contribution is 2.30. The molecule has 3 nitrogen and oxygen atoms in total. The zero-order chi connectivity index (χ0) is 13.2. The molecule has 1 aliphatic carbocycles. The third-order valence-corrected chi connectivity index (χ3v) is 3.86. The molecule has 0 heterocycles. The van der Waals surface area contributed by atoms with Crippen LogP contribution in [-0.4, -0.2) is 18.4 Å². The topological polar surface area (TPSA) is 52.3 Å². The predicted octanol–water partition coefficient (Wildman–Crippen LogP) is 2.85. The summed E-state index contributed by atoms with van der Waals surface area (Å²) in [4.78, 5) is 12.5. The second-order valence-electron chi connectivity index (χ2n) is 5.23. The fourth-order valence-corrected chi connectivity index (χ4v) is 2.72. The third-order valence-electron chi connectivity index (χ3n) is 3.86. The smallest absolute Gasteiger partial charge is 0.182 e. The van der Waals surface area contributed by atoms with Crippen LogP contribution in [0.4, 0.5) is 0 Å². The van der Waals surface area contributed by atoms with Gasteiger partial charge in [-0.05, 0) is 43.5 Å². The van der Waals surface area contributed by atoms with Gasteiger partial charge in [0.1, 0.15) is 5.75 Å². The van der Waals surface area contributed by atoms with Gasteiger partial charge in [-0.1, -0.05) is 19.3 Å². The molecule has 1 aromatic carbocycles. The largest absolute Gasteiger partial charge is 0.496 e. The standard InChI is InChI=1S/C15H21NO2/c1-11-10-12(6-7-13(11)18-2)14(17)15(16)8-4-3-5-9-15/h6-7,10H,3-5,8-9,16H2,1-2H3. The molecular weight excluding hydrogens is 226 g/mol. The maximum atomic E-state index is 12.5. The maximum absolute atomic E-state index is 12.5. The number of Topliss-reactive ketones (excluding diaryl/α,β-unsaturated/α-hetero) is 1. The van der Waals surface area contributed by atoms with E-state index in [9.17, 15) is 4.79 Å². The van der Waals surface area contributed by atoms with Crippen LogP contribution in [0.2, 0.25) is 0 Å². The van der Waals surface area contributed by atoms with E-state index in [-0.39, 0.29) is 5.78 Å². The summed E-state index contributed by atoms with van der Waals surface area (Å²) in [6.45, 7) is 1.94. The summed E-state index contributed by atoms with van der Waals surface area (Å²) < 4.78 is 5.21. The van der Waals surface area contributed by atoms with E-state index < -0.39 is 5.54 Å². The molecule has 0 amide bonds. The number of nitrogens with two attached hydrogens (primary N) is 1. The maximum Gasteiger partial charge on any atom is 0.182 e. The first kappa shape index (κ1) is 13.1. The summed E-state index contributed by atoms with van der Waals surface area (Å²) in [5, 5.41) is 0. The van der Waals surface area contributed by atoms with Crippen LogP contribution in [0.5, 0.6) is 5.75 Å². The number of rotatable bonds is 3. The number of ketones is 1. The Morgan fingerprint density at radius 2 is 1.94 bits per heavy atom. The Hall–Kier alpha value is -1.35. The van der Waals surface area contributed by atoms with E-state index >= 15 is 0 Å². The molecule has 18 heavy (non-hydrogen) atoms. The van der Waals surface area contributed by atoms with Crippen LogP contribution in [0.15, 0.2) is 18.2 Å². The first-order valence-electron chi connectivity index (χ1n) is 6.55. The number of benzene rings is 1. The number of hydrogen-bond acceptors (Lipinski definition) is 3. The average Bonchev–Trinajstić information content (AvgIpc) is 2.38. The Morgan fingerprint density at radius 1 is 1.28 bits per heavy atom. The summed E-state index contributed by atoms with van der Waals surface area (Å²) in [5.41, 5.74) is 7.30. The molecule has 1 aliphatic rings. The van der Waals surface area contributed by atoms with Crippen molar-refractivity contribution in [1.82, 2.24) is 0 Å². The van der Waals surface area contributed by atoms with Crippen molar-refractivity contribution in [2.45, 2.75) is 44.6 Å². The summed E-state index contributed by atoms with van der Waals surface area (Å²) in [6, 6.07) is 5.54.